The largest absolute Gasteiger partial charge is 0.295 e. The summed E-state index contributed by atoms with van der Waals surface area (Å²) in [6.45, 7) is 3.72. The van der Waals surface area contributed by atoms with Crippen LogP contribution in [-0.4, -0.2) is 26.9 Å². The second kappa shape index (κ2) is 7.49. The molecule has 0 aliphatic carbocycles. The van der Waals surface area contributed by atoms with Crippen molar-refractivity contribution in [2.75, 3.05) is 0 Å². The minimum atomic E-state index is -0.397. The number of aromatic amines is 1. The van der Waals surface area contributed by atoms with E-state index in [1.54, 1.807) is 25.3 Å². The lowest BCUT2D eigenvalue weighted by atomic mass is 10.2. The van der Waals surface area contributed by atoms with E-state index in [4.69, 9.17) is 0 Å². The number of amides is 1. The highest BCUT2D eigenvalue weighted by Gasteiger charge is 2.11. The van der Waals surface area contributed by atoms with Gasteiger partial charge in [-0.1, -0.05) is 15.9 Å². The average Bonchev–Trinajstić information content (AvgIpc) is 2.93. The average molecular weight is 414 g/mol. The van der Waals surface area contributed by atoms with Gasteiger partial charge in [-0.15, -0.1) is 0 Å². The molecule has 3 rings (SSSR count). The number of carbonyl (C=O) groups is 1. The normalized spacial score (nSPS) is 11.0. The summed E-state index contributed by atoms with van der Waals surface area (Å²) in [5, 5.41) is 6.91. The zero-order valence-corrected chi connectivity index (χ0v) is 15.7. The van der Waals surface area contributed by atoms with E-state index in [1.807, 2.05) is 25.1 Å². The molecule has 2 heterocycles. The monoisotopic (exact) mass is 413 g/mol. The molecule has 1 aromatic carbocycles. The Morgan fingerprint density at radius 2 is 2.15 bits per heavy atom. The Morgan fingerprint density at radius 1 is 1.35 bits per heavy atom. The van der Waals surface area contributed by atoms with Crippen molar-refractivity contribution in [1.82, 2.24) is 20.2 Å². The lowest BCUT2D eigenvalue weighted by Gasteiger charge is -2.04. The highest BCUT2D eigenvalue weighted by molar-refractivity contribution is 9.10. The van der Waals surface area contributed by atoms with Gasteiger partial charge in [-0.05, 0) is 49.7 Å². The molecule has 8 heteroatoms. The van der Waals surface area contributed by atoms with E-state index in [1.165, 1.54) is 17.1 Å². The van der Waals surface area contributed by atoms with Gasteiger partial charge in [0.1, 0.15) is 0 Å². The summed E-state index contributed by atoms with van der Waals surface area (Å²) in [6, 6.07) is 8.90. The van der Waals surface area contributed by atoms with E-state index in [9.17, 15) is 9.59 Å². The predicted octanol–water partition coefficient (Wildman–Crippen LogP) is 2.70. The molecule has 1 amide bonds. The number of hydrazone groups is 1. The standard InChI is InChI=1S/C18H16BrN5O2/c1-11-8-14(5-6-16(11)19)24-18(26)15(12(2)23-24)10-21-22-17(25)13-4-3-7-20-9-13/h3-10,23H,1-2H3,(H,22,25)/b21-10+. The van der Waals surface area contributed by atoms with Gasteiger partial charge in [0.15, 0.2) is 0 Å². The van der Waals surface area contributed by atoms with Crippen LogP contribution in [0.1, 0.15) is 27.2 Å². The molecule has 132 valence electrons. The van der Waals surface area contributed by atoms with Crippen LogP contribution in [-0.2, 0) is 0 Å². The third-order valence-electron chi connectivity index (χ3n) is 3.80. The van der Waals surface area contributed by atoms with Gasteiger partial charge in [-0.3, -0.25) is 19.7 Å². The van der Waals surface area contributed by atoms with Crippen LogP contribution in [0.15, 0.2) is 57.1 Å². The molecule has 0 unspecified atom stereocenters. The van der Waals surface area contributed by atoms with Crippen molar-refractivity contribution < 1.29 is 4.79 Å². The van der Waals surface area contributed by atoms with Crippen molar-refractivity contribution in [3.8, 4) is 5.69 Å². The zero-order valence-electron chi connectivity index (χ0n) is 14.2. The quantitative estimate of drug-likeness (QED) is 0.508. The first-order valence-electron chi connectivity index (χ1n) is 7.79. The van der Waals surface area contributed by atoms with E-state index < -0.39 is 5.91 Å². The number of H-pyrrole nitrogens is 1. The van der Waals surface area contributed by atoms with Crippen molar-refractivity contribution in [3.63, 3.8) is 0 Å². The first kappa shape index (κ1) is 17.8. The molecule has 0 saturated carbocycles. The second-order valence-corrected chi connectivity index (χ2v) is 6.52. The number of nitrogens with one attached hydrogen (secondary N) is 2. The third kappa shape index (κ3) is 3.65. The van der Waals surface area contributed by atoms with Crippen LogP contribution in [0.2, 0.25) is 0 Å². The lowest BCUT2D eigenvalue weighted by Crippen LogP contribution is -2.20. The van der Waals surface area contributed by atoms with Gasteiger partial charge < -0.3 is 0 Å². The number of aryl methyl sites for hydroxylation is 2. The van der Waals surface area contributed by atoms with Crippen molar-refractivity contribution >= 4 is 28.1 Å². The van der Waals surface area contributed by atoms with E-state index in [0.29, 0.717) is 16.8 Å². The molecule has 0 fully saturated rings. The van der Waals surface area contributed by atoms with Gasteiger partial charge in [0.05, 0.1) is 23.0 Å². The highest BCUT2D eigenvalue weighted by atomic mass is 79.9. The Bertz CT molecular complexity index is 1040. The van der Waals surface area contributed by atoms with E-state index in [-0.39, 0.29) is 5.56 Å². The number of carbonyl (C=O) groups excluding carboxylic acids is 1. The van der Waals surface area contributed by atoms with E-state index >= 15 is 0 Å². The van der Waals surface area contributed by atoms with Gasteiger partial charge >= 0.3 is 0 Å². The fraction of sp³-hybridized carbons (Fsp3) is 0.111. The summed E-state index contributed by atoms with van der Waals surface area (Å²) >= 11 is 3.44. The molecule has 3 aromatic rings. The number of benzene rings is 1. The smallest absolute Gasteiger partial charge is 0.280 e. The minimum absolute atomic E-state index is 0.247. The lowest BCUT2D eigenvalue weighted by molar-refractivity contribution is 0.0955. The topological polar surface area (TPSA) is 92.1 Å². The van der Waals surface area contributed by atoms with Crippen LogP contribution >= 0.6 is 15.9 Å². The summed E-state index contributed by atoms with van der Waals surface area (Å²) in [7, 11) is 0. The van der Waals surface area contributed by atoms with Crippen LogP contribution < -0.4 is 11.0 Å². The molecule has 26 heavy (non-hydrogen) atoms. The number of hydrogen-bond acceptors (Lipinski definition) is 4. The van der Waals surface area contributed by atoms with Gasteiger partial charge in [0, 0.05) is 22.6 Å². The van der Waals surface area contributed by atoms with Crippen LogP contribution in [0.3, 0.4) is 0 Å². The fourth-order valence-electron chi connectivity index (χ4n) is 2.38. The first-order chi connectivity index (χ1) is 12.5. The summed E-state index contributed by atoms with van der Waals surface area (Å²) in [5.41, 5.74) is 5.29. The molecule has 0 bridgehead atoms. The Labute approximate surface area is 157 Å². The molecule has 2 N–H and O–H groups in total. The maximum absolute atomic E-state index is 12.6. The van der Waals surface area contributed by atoms with Crippen LogP contribution in [0.25, 0.3) is 5.69 Å². The molecule has 0 aliphatic heterocycles. The maximum Gasteiger partial charge on any atom is 0.280 e. The minimum Gasteiger partial charge on any atom is -0.295 e. The maximum atomic E-state index is 12.6. The van der Waals surface area contributed by atoms with E-state index in [2.05, 4.69) is 36.5 Å². The van der Waals surface area contributed by atoms with Crippen LogP contribution in [0.4, 0.5) is 0 Å². The number of rotatable bonds is 4. The Hall–Kier alpha value is -3.00. The Morgan fingerprint density at radius 3 is 2.85 bits per heavy atom. The highest BCUT2D eigenvalue weighted by Crippen LogP contribution is 2.18. The Balaban J connectivity index is 1.83. The predicted molar refractivity (Wildman–Crippen MR) is 103 cm³/mol. The summed E-state index contributed by atoms with van der Waals surface area (Å²) in [5.74, 6) is -0.397. The van der Waals surface area contributed by atoms with Crippen molar-refractivity contribution in [3.05, 3.63) is 79.9 Å². The van der Waals surface area contributed by atoms with Gasteiger partial charge in [-0.2, -0.15) is 5.10 Å². The van der Waals surface area contributed by atoms with Gasteiger partial charge in [0.25, 0.3) is 11.5 Å². The molecular formula is C18H16BrN5O2. The molecule has 0 atom stereocenters. The van der Waals surface area contributed by atoms with Crippen LogP contribution in [0.5, 0.6) is 0 Å². The number of hydrogen-bond donors (Lipinski definition) is 2. The number of nitrogens with zero attached hydrogens (tertiary/aromatic N) is 3. The third-order valence-corrected chi connectivity index (χ3v) is 4.69. The van der Waals surface area contributed by atoms with E-state index in [0.717, 1.165) is 15.7 Å². The summed E-state index contributed by atoms with van der Waals surface area (Å²) in [6.07, 6.45) is 4.36. The van der Waals surface area contributed by atoms with Gasteiger partial charge in [-0.25, -0.2) is 10.1 Å². The number of halogens is 1. The SMILES string of the molecule is Cc1cc(-n2[nH]c(C)c(/C=N/NC(=O)c3cccnc3)c2=O)ccc1Br. The summed E-state index contributed by atoms with van der Waals surface area (Å²) < 4.78 is 2.41. The molecule has 0 aliphatic rings. The molecule has 7 nitrogen and oxygen atoms in total. The first-order valence-corrected chi connectivity index (χ1v) is 8.58. The molecule has 0 radical (unpaired) electrons. The Kier molecular flexibility index (Phi) is 5.13. The van der Waals surface area contributed by atoms with Gasteiger partial charge in [0.2, 0.25) is 0 Å². The zero-order chi connectivity index (χ0) is 18.7. The fourth-order valence-corrected chi connectivity index (χ4v) is 2.63. The van der Waals surface area contributed by atoms with Crippen molar-refractivity contribution in [1.29, 1.82) is 0 Å². The van der Waals surface area contributed by atoms with Crippen molar-refractivity contribution in [2.45, 2.75) is 13.8 Å². The van der Waals surface area contributed by atoms with Crippen molar-refractivity contribution in [2.24, 2.45) is 5.10 Å². The molecule has 2 aromatic heterocycles. The number of aromatic nitrogens is 3. The second-order valence-electron chi connectivity index (χ2n) is 5.67. The molecular weight excluding hydrogens is 398 g/mol. The molecule has 0 spiro atoms. The van der Waals surface area contributed by atoms with Crippen LogP contribution in [0, 0.1) is 13.8 Å². The summed E-state index contributed by atoms with van der Waals surface area (Å²) in [4.78, 5) is 28.5. The number of pyridine rings is 1. The molecule has 0 saturated heterocycles.